The Balaban J connectivity index is 1.85. The molecule has 0 fully saturated rings. The molecule has 1 heterocycles. The molecule has 4 aromatic rings. The first-order chi connectivity index (χ1) is 16.6. The average molecular weight is 488 g/mol. The summed E-state index contributed by atoms with van der Waals surface area (Å²) in [6.45, 7) is 0. The van der Waals surface area contributed by atoms with Crippen LogP contribution in [0.4, 0.5) is 17.6 Å². The van der Waals surface area contributed by atoms with Gasteiger partial charge in [0.2, 0.25) is 11.2 Å². The van der Waals surface area contributed by atoms with Gasteiger partial charge in [0.05, 0.1) is 30.7 Å². The Kier molecular flexibility index (Phi) is 6.21. The van der Waals surface area contributed by atoms with E-state index in [-0.39, 0.29) is 33.8 Å². The predicted octanol–water partition coefficient (Wildman–Crippen LogP) is 5.85. The molecule has 0 spiro atoms. The SMILES string of the molecule is COc1ccc(-c2c(C(F)(F)F)oc3cc(OC(=O)c4ccccc4F)ccc3c2=O)cc1OC. The smallest absolute Gasteiger partial charge is 0.450 e. The van der Waals surface area contributed by atoms with Gasteiger partial charge in [-0.3, -0.25) is 4.79 Å². The van der Waals surface area contributed by atoms with E-state index in [0.29, 0.717) is 0 Å². The molecule has 0 aliphatic rings. The van der Waals surface area contributed by atoms with Crippen LogP contribution in [-0.2, 0) is 6.18 Å². The van der Waals surface area contributed by atoms with Crippen LogP contribution in [0.1, 0.15) is 16.1 Å². The quantitative estimate of drug-likeness (QED) is 0.199. The summed E-state index contributed by atoms with van der Waals surface area (Å²) >= 11 is 0. The van der Waals surface area contributed by atoms with E-state index >= 15 is 0 Å². The summed E-state index contributed by atoms with van der Waals surface area (Å²) < 4.78 is 76.0. The van der Waals surface area contributed by atoms with Gasteiger partial charge in [-0.1, -0.05) is 18.2 Å². The van der Waals surface area contributed by atoms with E-state index in [1.54, 1.807) is 0 Å². The minimum atomic E-state index is -5.03. The van der Waals surface area contributed by atoms with E-state index in [2.05, 4.69) is 0 Å². The predicted molar refractivity (Wildman–Crippen MR) is 117 cm³/mol. The molecular formula is C25H16F4O6. The van der Waals surface area contributed by atoms with Crippen LogP contribution in [0, 0.1) is 5.82 Å². The third-order valence-corrected chi connectivity index (χ3v) is 5.10. The molecular weight excluding hydrogens is 472 g/mol. The largest absolute Gasteiger partial charge is 0.493 e. The first-order valence-corrected chi connectivity index (χ1v) is 10.0. The maximum absolute atomic E-state index is 13.9. The molecule has 0 atom stereocenters. The van der Waals surface area contributed by atoms with Crippen molar-refractivity contribution in [2.75, 3.05) is 14.2 Å². The third kappa shape index (κ3) is 4.54. The number of methoxy groups -OCH3 is 2. The summed E-state index contributed by atoms with van der Waals surface area (Å²) in [6, 6.07) is 12.2. The molecule has 0 saturated carbocycles. The molecule has 6 nitrogen and oxygen atoms in total. The molecule has 0 saturated heterocycles. The zero-order valence-electron chi connectivity index (χ0n) is 18.2. The van der Waals surface area contributed by atoms with Gasteiger partial charge in [-0.25, -0.2) is 9.18 Å². The van der Waals surface area contributed by atoms with E-state index < -0.39 is 40.3 Å². The second-order valence-electron chi connectivity index (χ2n) is 7.23. The van der Waals surface area contributed by atoms with Gasteiger partial charge < -0.3 is 18.6 Å². The summed E-state index contributed by atoms with van der Waals surface area (Å²) in [6.07, 6.45) is -5.03. The highest BCUT2D eigenvalue weighted by molar-refractivity contribution is 5.92. The van der Waals surface area contributed by atoms with Crippen molar-refractivity contribution >= 4 is 16.9 Å². The summed E-state index contributed by atoms with van der Waals surface area (Å²) in [7, 11) is 2.67. The van der Waals surface area contributed by atoms with E-state index in [1.807, 2.05) is 0 Å². The fourth-order valence-corrected chi connectivity index (χ4v) is 3.48. The molecule has 0 N–H and O–H groups in total. The lowest BCUT2D eigenvalue weighted by molar-refractivity contribution is -0.152. The summed E-state index contributed by atoms with van der Waals surface area (Å²) in [5.41, 5.74) is -2.61. The van der Waals surface area contributed by atoms with Crippen molar-refractivity contribution in [1.29, 1.82) is 0 Å². The number of hydrogen-bond acceptors (Lipinski definition) is 6. The zero-order valence-corrected chi connectivity index (χ0v) is 18.2. The van der Waals surface area contributed by atoms with Gasteiger partial charge in [-0.2, -0.15) is 13.2 Å². The summed E-state index contributed by atoms with van der Waals surface area (Å²) in [4.78, 5) is 25.4. The van der Waals surface area contributed by atoms with Gasteiger partial charge in [-0.15, -0.1) is 0 Å². The molecule has 10 heteroatoms. The van der Waals surface area contributed by atoms with Crippen molar-refractivity contribution < 1.29 is 41.0 Å². The maximum Gasteiger partial charge on any atom is 0.450 e. The highest BCUT2D eigenvalue weighted by Gasteiger charge is 2.39. The van der Waals surface area contributed by atoms with Gasteiger partial charge in [0, 0.05) is 6.07 Å². The Bertz CT molecular complexity index is 1490. The van der Waals surface area contributed by atoms with E-state index in [1.165, 1.54) is 56.7 Å². The molecule has 180 valence electrons. The summed E-state index contributed by atoms with van der Waals surface area (Å²) in [5.74, 6) is -3.29. The number of hydrogen-bond donors (Lipinski definition) is 0. The number of ether oxygens (including phenoxy) is 3. The second-order valence-corrected chi connectivity index (χ2v) is 7.23. The minimum absolute atomic E-state index is 0.0966. The average Bonchev–Trinajstić information content (AvgIpc) is 2.83. The van der Waals surface area contributed by atoms with E-state index in [4.69, 9.17) is 18.6 Å². The molecule has 4 rings (SSSR count). The standard InChI is InChI=1S/C25H16F4O6/c1-32-18-10-7-13(11-20(18)33-2)21-22(30)16-9-8-14(12-19(16)35-23(21)25(27,28)29)34-24(31)15-5-3-4-6-17(15)26/h3-12H,1-2H3. The molecule has 0 bridgehead atoms. The molecule has 35 heavy (non-hydrogen) atoms. The van der Waals surface area contributed by atoms with Crippen LogP contribution in [0.15, 0.2) is 69.9 Å². The van der Waals surface area contributed by atoms with Crippen molar-refractivity contribution in [3.05, 3.63) is 88.0 Å². The Morgan fingerprint density at radius 1 is 0.914 bits per heavy atom. The first kappa shape index (κ1) is 23.8. The van der Waals surface area contributed by atoms with Crippen LogP contribution in [0.5, 0.6) is 17.2 Å². The van der Waals surface area contributed by atoms with Crippen LogP contribution in [0.2, 0.25) is 0 Å². The van der Waals surface area contributed by atoms with Gasteiger partial charge in [-0.05, 0) is 42.0 Å². The normalized spacial score (nSPS) is 11.4. The highest BCUT2D eigenvalue weighted by atomic mass is 19.4. The van der Waals surface area contributed by atoms with E-state index in [0.717, 1.165) is 18.2 Å². The zero-order chi connectivity index (χ0) is 25.3. The van der Waals surface area contributed by atoms with Crippen LogP contribution in [0.25, 0.3) is 22.1 Å². The van der Waals surface area contributed by atoms with Gasteiger partial charge in [0.1, 0.15) is 17.1 Å². The van der Waals surface area contributed by atoms with Crippen LogP contribution < -0.4 is 19.6 Å². The fraction of sp³-hybridized carbons (Fsp3) is 0.120. The van der Waals surface area contributed by atoms with Crippen LogP contribution in [0.3, 0.4) is 0 Å². The molecule has 3 aromatic carbocycles. The number of fused-ring (bicyclic) bond motifs is 1. The Morgan fingerprint density at radius 2 is 1.63 bits per heavy atom. The van der Waals surface area contributed by atoms with Crippen LogP contribution in [-0.4, -0.2) is 20.2 Å². The number of rotatable bonds is 5. The van der Waals surface area contributed by atoms with Crippen molar-refractivity contribution in [3.63, 3.8) is 0 Å². The van der Waals surface area contributed by atoms with Crippen LogP contribution >= 0.6 is 0 Å². The number of carbonyl (C=O) groups is 1. The Labute approximate surface area is 195 Å². The number of halogens is 4. The molecule has 0 radical (unpaired) electrons. The van der Waals surface area contributed by atoms with Crippen molar-refractivity contribution in [3.8, 4) is 28.4 Å². The lowest BCUT2D eigenvalue weighted by Gasteiger charge is -2.15. The van der Waals surface area contributed by atoms with Crippen molar-refractivity contribution in [1.82, 2.24) is 0 Å². The molecule has 0 unspecified atom stereocenters. The minimum Gasteiger partial charge on any atom is -0.493 e. The topological polar surface area (TPSA) is 75.0 Å². The third-order valence-electron chi connectivity index (χ3n) is 5.10. The molecule has 0 aliphatic carbocycles. The molecule has 1 aromatic heterocycles. The van der Waals surface area contributed by atoms with Gasteiger partial charge in [0.25, 0.3) is 0 Å². The number of esters is 1. The number of benzene rings is 3. The van der Waals surface area contributed by atoms with Gasteiger partial charge >= 0.3 is 12.1 Å². The van der Waals surface area contributed by atoms with E-state index in [9.17, 15) is 27.2 Å². The molecule has 0 amide bonds. The number of carbonyl (C=O) groups excluding carboxylic acids is 1. The lowest BCUT2D eigenvalue weighted by Crippen LogP contribution is -2.16. The summed E-state index contributed by atoms with van der Waals surface area (Å²) in [5, 5.41) is -0.187. The van der Waals surface area contributed by atoms with Crippen molar-refractivity contribution in [2.24, 2.45) is 0 Å². The Morgan fingerprint density at radius 3 is 2.29 bits per heavy atom. The number of alkyl halides is 3. The second kappa shape index (κ2) is 9.13. The lowest BCUT2D eigenvalue weighted by atomic mass is 10.0. The van der Waals surface area contributed by atoms with Gasteiger partial charge in [0.15, 0.2) is 11.5 Å². The highest BCUT2D eigenvalue weighted by Crippen LogP contribution is 2.40. The molecule has 0 aliphatic heterocycles. The van der Waals surface area contributed by atoms with Crippen molar-refractivity contribution in [2.45, 2.75) is 6.18 Å². The Hall–Kier alpha value is -4.34. The maximum atomic E-state index is 13.9. The fourth-order valence-electron chi connectivity index (χ4n) is 3.48. The monoisotopic (exact) mass is 488 g/mol. The first-order valence-electron chi connectivity index (χ1n) is 10.0.